The lowest BCUT2D eigenvalue weighted by Gasteiger charge is -2.01. The third-order valence-electron chi connectivity index (χ3n) is 3.72. The van der Waals surface area contributed by atoms with Crippen LogP contribution in [-0.4, -0.2) is 19.6 Å². The molecule has 0 saturated carbocycles. The fourth-order valence-electron chi connectivity index (χ4n) is 2.60. The van der Waals surface area contributed by atoms with Crippen molar-refractivity contribution in [1.29, 1.82) is 0 Å². The summed E-state index contributed by atoms with van der Waals surface area (Å²) in [5.41, 5.74) is 11.9. The summed E-state index contributed by atoms with van der Waals surface area (Å²) in [6, 6.07) is 10.2. The first-order valence-corrected chi connectivity index (χ1v) is 6.93. The highest BCUT2D eigenvalue weighted by Gasteiger charge is 2.17. The van der Waals surface area contributed by atoms with E-state index >= 15 is 0 Å². The van der Waals surface area contributed by atoms with Gasteiger partial charge in [-0.2, -0.15) is 10.2 Å². The first-order valence-electron chi connectivity index (χ1n) is 6.93. The molecule has 0 fully saturated rings. The van der Waals surface area contributed by atoms with E-state index in [1.165, 1.54) is 5.56 Å². The van der Waals surface area contributed by atoms with E-state index in [1.54, 1.807) is 0 Å². The molecule has 0 unspecified atom stereocenters. The van der Waals surface area contributed by atoms with Crippen LogP contribution in [0.2, 0.25) is 0 Å². The number of rotatable bonds is 3. The second-order valence-corrected chi connectivity index (χ2v) is 5.29. The molecule has 5 heteroatoms. The van der Waals surface area contributed by atoms with E-state index in [9.17, 15) is 0 Å². The topological polar surface area (TPSA) is 61.7 Å². The normalized spacial score (nSPS) is 11.0. The summed E-state index contributed by atoms with van der Waals surface area (Å²) in [4.78, 5) is 0. The van der Waals surface area contributed by atoms with E-state index in [2.05, 4.69) is 22.3 Å². The van der Waals surface area contributed by atoms with Crippen LogP contribution in [0.1, 0.15) is 17.0 Å². The van der Waals surface area contributed by atoms with Gasteiger partial charge in [-0.1, -0.05) is 30.3 Å². The van der Waals surface area contributed by atoms with Gasteiger partial charge in [-0.05, 0) is 19.4 Å². The van der Waals surface area contributed by atoms with Gasteiger partial charge in [0, 0.05) is 24.5 Å². The van der Waals surface area contributed by atoms with Gasteiger partial charge in [0.25, 0.3) is 0 Å². The zero-order valence-electron chi connectivity index (χ0n) is 12.5. The molecule has 3 aromatic rings. The molecule has 2 N–H and O–H groups in total. The molecule has 2 aromatic heterocycles. The Hall–Kier alpha value is -2.56. The molecule has 0 radical (unpaired) electrons. The molecule has 108 valence electrons. The average Bonchev–Trinajstić information content (AvgIpc) is 2.91. The van der Waals surface area contributed by atoms with Crippen molar-refractivity contribution in [3.05, 3.63) is 53.5 Å². The molecule has 0 aliphatic rings. The first kappa shape index (κ1) is 13.4. The quantitative estimate of drug-likeness (QED) is 0.802. The Morgan fingerprint density at radius 2 is 1.81 bits per heavy atom. The number of anilines is 1. The lowest BCUT2D eigenvalue weighted by molar-refractivity contribution is 0.689. The maximum Gasteiger partial charge on any atom is 0.119 e. The van der Waals surface area contributed by atoms with Gasteiger partial charge in [-0.3, -0.25) is 9.36 Å². The van der Waals surface area contributed by atoms with Crippen molar-refractivity contribution in [3.63, 3.8) is 0 Å². The number of nitrogens with zero attached hydrogens (tertiary/aromatic N) is 4. The summed E-state index contributed by atoms with van der Waals surface area (Å²) >= 11 is 0. The average molecular weight is 281 g/mol. The molecule has 21 heavy (non-hydrogen) atoms. The molecule has 5 nitrogen and oxygen atoms in total. The SMILES string of the molecule is Cc1nn(C)c(C)c1-c1nn(Cc2ccccc2)cc1N. The highest BCUT2D eigenvalue weighted by molar-refractivity contribution is 5.75. The number of nitrogen functional groups attached to an aromatic ring is 1. The first-order chi connectivity index (χ1) is 10.1. The molecule has 0 aliphatic carbocycles. The zero-order valence-corrected chi connectivity index (χ0v) is 12.5. The van der Waals surface area contributed by atoms with Crippen molar-refractivity contribution < 1.29 is 0 Å². The highest BCUT2D eigenvalue weighted by Crippen LogP contribution is 2.29. The summed E-state index contributed by atoms with van der Waals surface area (Å²) in [5.74, 6) is 0. The van der Waals surface area contributed by atoms with Crippen LogP contribution in [0.4, 0.5) is 5.69 Å². The van der Waals surface area contributed by atoms with Crippen LogP contribution in [0.5, 0.6) is 0 Å². The molecule has 0 aliphatic heterocycles. The molecular formula is C16H19N5. The van der Waals surface area contributed by atoms with Gasteiger partial charge >= 0.3 is 0 Å². The lowest BCUT2D eigenvalue weighted by atomic mass is 10.1. The lowest BCUT2D eigenvalue weighted by Crippen LogP contribution is -2.00. The van der Waals surface area contributed by atoms with E-state index in [0.29, 0.717) is 12.2 Å². The Labute approximate surface area is 124 Å². The second kappa shape index (κ2) is 5.09. The molecule has 3 rings (SSSR count). The van der Waals surface area contributed by atoms with Crippen molar-refractivity contribution >= 4 is 5.69 Å². The van der Waals surface area contributed by atoms with E-state index in [4.69, 9.17) is 5.73 Å². The van der Waals surface area contributed by atoms with Gasteiger partial charge in [0.15, 0.2) is 0 Å². The molecule has 2 heterocycles. The van der Waals surface area contributed by atoms with Crippen molar-refractivity contribution in [2.24, 2.45) is 7.05 Å². The fraction of sp³-hybridized carbons (Fsp3) is 0.250. The third kappa shape index (κ3) is 2.42. The minimum Gasteiger partial charge on any atom is -0.396 e. The van der Waals surface area contributed by atoms with E-state index in [0.717, 1.165) is 22.6 Å². The number of hydrogen-bond acceptors (Lipinski definition) is 3. The van der Waals surface area contributed by atoms with Crippen molar-refractivity contribution in [1.82, 2.24) is 19.6 Å². The number of aromatic nitrogens is 4. The number of hydrogen-bond donors (Lipinski definition) is 1. The van der Waals surface area contributed by atoms with E-state index < -0.39 is 0 Å². The van der Waals surface area contributed by atoms with E-state index in [1.807, 2.05) is 54.7 Å². The molecule has 1 aromatic carbocycles. The molecule has 0 spiro atoms. The van der Waals surface area contributed by atoms with Crippen LogP contribution < -0.4 is 5.73 Å². The standard InChI is InChI=1S/C16H19N5/c1-11-15(12(2)20(3)18-11)16-14(17)10-21(19-16)9-13-7-5-4-6-8-13/h4-8,10H,9,17H2,1-3H3. The number of nitrogens with two attached hydrogens (primary N) is 1. The third-order valence-corrected chi connectivity index (χ3v) is 3.72. The Morgan fingerprint density at radius 3 is 2.43 bits per heavy atom. The summed E-state index contributed by atoms with van der Waals surface area (Å²) < 4.78 is 3.74. The predicted molar refractivity (Wildman–Crippen MR) is 83.9 cm³/mol. The van der Waals surface area contributed by atoms with Gasteiger partial charge < -0.3 is 5.73 Å². The van der Waals surface area contributed by atoms with Gasteiger partial charge in [0.1, 0.15) is 5.69 Å². The minimum absolute atomic E-state index is 0.685. The highest BCUT2D eigenvalue weighted by atomic mass is 15.3. The monoisotopic (exact) mass is 281 g/mol. The second-order valence-electron chi connectivity index (χ2n) is 5.29. The van der Waals surface area contributed by atoms with Crippen LogP contribution >= 0.6 is 0 Å². The van der Waals surface area contributed by atoms with Crippen LogP contribution in [0.25, 0.3) is 11.3 Å². The van der Waals surface area contributed by atoms with Crippen molar-refractivity contribution in [2.45, 2.75) is 20.4 Å². The molecular weight excluding hydrogens is 262 g/mol. The molecule has 0 atom stereocenters. The van der Waals surface area contributed by atoms with Gasteiger partial charge in [-0.25, -0.2) is 0 Å². The van der Waals surface area contributed by atoms with E-state index in [-0.39, 0.29) is 0 Å². The minimum atomic E-state index is 0.685. The van der Waals surface area contributed by atoms with Gasteiger partial charge in [0.05, 0.1) is 17.9 Å². The molecule has 0 amide bonds. The maximum absolute atomic E-state index is 6.15. The maximum atomic E-state index is 6.15. The Bertz CT molecular complexity index is 768. The fourth-order valence-corrected chi connectivity index (χ4v) is 2.60. The number of benzene rings is 1. The number of aryl methyl sites for hydroxylation is 2. The van der Waals surface area contributed by atoms with Crippen LogP contribution in [0, 0.1) is 13.8 Å². The Balaban J connectivity index is 1.98. The van der Waals surface area contributed by atoms with Gasteiger partial charge in [-0.15, -0.1) is 0 Å². The van der Waals surface area contributed by atoms with Crippen LogP contribution in [0.15, 0.2) is 36.5 Å². The summed E-state index contributed by atoms with van der Waals surface area (Å²) in [7, 11) is 1.93. The summed E-state index contributed by atoms with van der Waals surface area (Å²) in [5, 5.41) is 9.08. The molecule has 0 saturated heterocycles. The molecule has 0 bridgehead atoms. The predicted octanol–water partition coefficient (Wildman–Crippen LogP) is 2.53. The Morgan fingerprint density at radius 1 is 1.10 bits per heavy atom. The Kier molecular flexibility index (Phi) is 3.25. The largest absolute Gasteiger partial charge is 0.396 e. The smallest absolute Gasteiger partial charge is 0.119 e. The van der Waals surface area contributed by atoms with Crippen LogP contribution in [0.3, 0.4) is 0 Å². The van der Waals surface area contributed by atoms with Crippen molar-refractivity contribution in [3.8, 4) is 11.3 Å². The summed E-state index contributed by atoms with van der Waals surface area (Å²) in [6.45, 7) is 4.73. The van der Waals surface area contributed by atoms with Gasteiger partial charge in [0.2, 0.25) is 0 Å². The zero-order chi connectivity index (χ0) is 15.0. The summed E-state index contributed by atoms with van der Waals surface area (Å²) in [6.07, 6.45) is 1.88. The van der Waals surface area contributed by atoms with Crippen molar-refractivity contribution in [2.75, 3.05) is 5.73 Å². The van der Waals surface area contributed by atoms with Crippen LogP contribution in [-0.2, 0) is 13.6 Å².